The molecule has 2 saturated heterocycles. The first-order valence-electron chi connectivity index (χ1n) is 10.4. The largest absolute Gasteiger partial charge is 0.363 e. The van der Waals surface area contributed by atoms with E-state index in [1.165, 1.54) is 12.8 Å². The Morgan fingerprint density at radius 3 is 1.35 bits per heavy atom. The van der Waals surface area contributed by atoms with Crippen LogP contribution in [0.4, 0.5) is 0 Å². The van der Waals surface area contributed by atoms with Gasteiger partial charge in [-0.25, -0.2) is 0 Å². The molecule has 26 heavy (non-hydrogen) atoms. The summed E-state index contributed by atoms with van der Waals surface area (Å²) in [5.41, 5.74) is -0.907. The minimum atomic E-state index is -0.454. The Morgan fingerprint density at radius 1 is 0.692 bits per heavy atom. The van der Waals surface area contributed by atoms with Gasteiger partial charge in [0.2, 0.25) is 0 Å². The molecule has 2 heterocycles. The van der Waals surface area contributed by atoms with Gasteiger partial charge in [-0.1, -0.05) is 38.5 Å². The number of morpholine rings is 2. The molecule has 2 N–H and O–H groups in total. The molecule has 6 heteroatoms. The highest BCUT2D eigenvalue weighted by Gasteiger charge is 2.44. The lowest BCUT2D eigenvalue weighted by Gasteiger charge is -2.40. The molecular formula is C20H34N2O4. The fraction of sp³-hybridized carbons (Fsp3) is 0.900. The molecule has 0 aromatic rings. The van der Waals surface area contributed by atoms with E-state index in [2.05, 4.69) is 10.6 Å². The third kappa shape index (κ3) is 4.22. The van der Waals surface area contributed by atoms with Crippen LogP contribution in [0.5, 0.6) is 0 Å². The molecular weight excluding hydrogens is 332 g/mol. The van der Waals surface area contributed by atoms with Crippen LogP contribution < -0.4 is 10.6 Å². The average Bonchev–Trinajstić information content (AvgIpc) is 2.65. The van der Waals surface area contributed by atoms with E-state index in [-0.39, 0.29) is 23.9 Å². The Kier molecular flexibility index (Phi) is 6.23. The van der Waals surface area contributed by atoms with Crippen molar-refractivity contribution in [2.75, 3.05) is 13.2 Å². The van der Waals surface area contributed by atoms with Crippen molar-refractivity contribution in [2.45, 2.75) is 101 Å². The quantitative estimate of drug-likeness (QED) is 0.690. The zero-order valence-electron chi connectivity index (χ0n) is 16.3. The van der Waals surface area contributed by atoms with Gasteiger partial charge in [-0.2, -0.15) is 0 Å². The van der Waals surface area contributed by atoms with E-state index in [1.54, 1.807) is 0 Å². The summed E-state index contributed by atoms with van der Waals surface area (Å²) in [7, 11) is 0. The zero-order chi connectivity index (χ0) is 18.6. The van der Waals surface area contributed by atoms with E-state index in [0.717, 1.165) is 51.4 Å². The summed E-state index contributed by atoms with van der Waals surface area (Å²) in [6, 6.07) is 0.361. The van der Waals surface area contributed by atoms with Crippen LogP contribution in [0.25, 0.3) is 0 Å². The van der Waals surface area contributed by atoms with Crippen molar-refractivity contribution in [1.82, 2.24) is 10.6 Å². The van der Waals surface area contributed by atoms with Crippen LogP contribution in [0.15, 0.2) is 0 Å². The Morgan fingerprint density at radius 2 is 1.04 bits per heavy atom. The molecule has 2 aliphatic carbocycles. The van der Waals surface area contributed by atoms with Crippen molar-refractivity contribution in [3.05, 3.63) is 0 Å². The van der Waals surface area contributed by atoms with Crippen LogP contribution in [0.3, 0.4) is 0 Å². The number of hydrogen-bond acceptors (Lipinski definition) is 4. The summed E-state index contributed by atoms with van der Waals surface area (Å²) in [6.45, 7) is 5.30. The van der Waals surface area contributed by atoms with Gasteiger partial charge < -0.3 is 20.1 Å². The van der Waals surface area contributed by atoms with Gasteiger partial charge in [-0.05, 0) is 39.5 Å². The van der Waals surface area contributed by atoms with E-state index in [0.29, 0.717) is 13.2 Å². The minimum Gasteiger partial charge on any atom is -0.363 e. The summed E-state index contributed by atoms with van der Waals surface area (Å²) in [5.74, 6) is 0.233. The average molecular weight is 367 g/mol. The lowest BCUT2D eigenvalue weighted by atomic mass is 9.83. The summed E-state index contributed by atoms with van der Waals surface area (Å²) in [6.07, 6.45) is 10.6. The highest BCUT2D eigenvalue weighted by Crippen LogP contribution is 2.34. The van der Waals surface area contributed by atoms with E-state index < -0.39 is 11.2 Å². The van der Waals surface area contributed by atoms with Crippen molar-refractivity contribution < 1.29 is 19.1 Å². The Labute approximate surface area is 156 Å². The van der Waals surface area contributed by atoms with Crippen LogP contribution >= 0.6 is 0 Å². The zero-order valence-corrected chi connectivity index (χ0v) is 16.3. The lowest BCUT2D eigenvalue weighted by Crippen LogP contribution is -2.58. The van der Waals surface area contributed by atoms with Crippen LogP contribution in [-0.4, -0.2) is 48.3 Å². The maximum absolute atomic E-state index is 11.7. The highest BCUT2D eigenvalue weighted by molar-refractivity contribution is 5.86. The summed E-state index contributed by atoms with van der Waals surface area (Å²) < 4.78 is 11.4. The van der Waals surface area contributed by atoms with Crippen molar-refractivity contribution in [1.29, 1.82) is 0 Å². The molecule has 0 radical (unpaired) electrons. The summed E-state index contributed by atoms with van der Waals surface area (Å²) in [4.78, 5) is 23.5. The van der Waals surface area contributed by atoms with Crippen LogP contribution in [-0.2, 0) is 19.1 Å². The molecule has 4 fully saturated rings. The van der Waals surface area contributed by atoms with Crippen LogP contribution in [0.1, 0.15) is 78.1 Å². The number of carbonyl (C=O) groups excluding carboxylic acids is 2. The first-order valence-corrected chi connectivity index (χ1v) is 10.4. The molecule has 4 rings (SSSR count). The van der Waals surface area contributed by atoms with Gasteiger partial charge in [0.25, 0.3) is 11.8 Å². The molecule has 2 amide bonds. The third-order valence-electron chi connectivity index (χ3n) is 6.12. The summed E-state index contributed by atoms with van der Waals surface area (Å²) in [5, 5.41) is 5.95. The van der Waals surface area contributed by atoms with Gasteiger partial charge >= 0.3 is 0 Å². The van der Waals surface area contributed by atoms with Gasteiger partial charge in [0.1, 0.15) is 11.2 Å². The summed E-state index contributed by atoms with van der Waals surface area (Å²) >= 11 is 0. The fourth-order valence-corrected chi connectivity index (χ4v) is 4.48. The molecule has 2 saturated carbocycles. The maximum atomic E-state index is 11.7. The molecule has 148 valence electrons. The molecule has 0 aromatic heterocycles. The predicted octanol–water partition coefficient (Wildman–Crippen LogP) is 2.45. The first kappa shape index (κ1) is 19.6. The molecule has 2 spiro atoms. The maximum Gasteiger partial charge on any atom is 0.252 e. The molecule has 2 atom stereocenters. The fourth-order valence-electron chi connectivity index (χ4n) is 4.48. The van der Waals surface area contributed by atoms with Gasteiger partial charge in [-0.15, -0.1) is 0 Å². The van der Waals surface area contributed by atoms with E-state index in [4.69, 9.17) is 9.47 Å². The number of carbonyl (C=O) groups is 2. The van der Waals surface area contributed by atoms with Crippen molar-refractivity contribution >= 4 is 11.8 Å². The third-order valence-corrected chi connectivity index (χ3v) is 6.12. The highest BCUT2D eigenvalue weighted by atomic mass is 16.5. The van der Waals surface area contributed by atoms with E-state index in [9.17, 15) is 9.59 Å². The van der Waals surface area contributed by atoms with Gasteiger partial charge in [-0.3, -0.25) is 9.59 Å². The molecule has 0 aromatic carbocycles. The normalized spacial score (nSPS) is 33.0. The van der Waals surface area contributed by atoms with Crippen molar-refractivity contribution in [3.63, 3.8) is 0 Å². The second-order valence-corrected chi connectivity index (χ2v) is 8.48. The molecule has 0 bridgehead atoms. The second kappa shape index (κ2) is 8.26. The Bertz CT molecular complexity index is 464. The molecule has 2 unspecified atom stereocenters. The van der Waals surface area contributed by atoms with Crippen molar-refractivity contribution in [2.24, 2.45) is 0 Å². The minimum absolute atomic E-state index is 0.117. The molecule has 2 aliphatic heterocycles. The monoisotopic (exact) mass is 366 g/mol. The Balaban J connectivity index is 0.000000151. The van der Waals surface area contributed by atoms with Crippen LogP contribution in [0.2, 0.25) is 0 Å². The van der Waals surface area contributed by atoms with Gasteiger partial charge in [0.15, 0.2) is 0 Å². The number of amides is 2. The first-order chi connectivity index (χ1) is 12.5. The van der Waals surface area contributed by atoms with E-state index >= 15 is 0 Å². The topological polar surface area (TPSA) is 76.7 Å². The standard InChI is InChI=1S/2C10H17NO2/c2*1-8-7-13-10(9(12)11-8)5-3-2-4-6-10/h2*8H,2-7H2,1H3,(H,11,12). The lowest BCUT2D eigenvalue weighted by molar-refractivity contribution is -0.164. The predicted molar refractivity (Wildman–Crippen MR) is 98.7 cm³/mol. The number of rotatable bonds is 0. The van der Waals surface area contributed by atoms with E-state index in [1.807, 2.05) is 13.8 Å². The smallest absolute Gasteiger partial charge is 0.252 e. The second-order valence-electron chi connectivity index (χ2n) is 8.48. The van der Waals surface area contributed by atoms with Gasteiger partial charge in [0.05, 0.1) is 13.2 Å². The molecule has 6 nitrogen and oxygen atoms in total. The number of hydrogen-bond donors (Lipinski definition) is 2. The molecule has 4 aliphatic rings. The number of nitrogens with one attached hydrogen (secondary N) is 2. The number of ether oxygens (including phenoxy) is 2. The van der Waals surface area contributed by atoms with Gasteiger partial charge in [0, 0.05) is 12.1 Å². The SMILES string of the molecule is CC1COC2(CCCCC2)C(=O)N1.CC1COC2(CCCCC2)C(=O)N1. The van der Waals surface area contributed by atoms with Crippen molar-refractivity contribution in [3.8, 4) is 0 Å². The Hall–Kier alpha value is -1.14. The van der Waals surface area contributed by atoms with Crippen LogP contribution in [0, 0.1) is 0 Å².